The minimum absolute atomic E-state index is 0.115. The van der Waals surface area contributed by atoms with Crippen molar-refractivity contribution in [1.82, 2.24) is 25.2 Å². The van der Waals surface area contributed by atoms with E-state index >= 15 is 0 Å². The van der Waals surface area contributed by atoms with E-state index < -0.39 is 0 Å². The molecule has 2 fully saturated rings. The van der Waals surface area contributed by atoms with Crippen LogP contribution in [-0.4, -0.2) is 85.3 Å². The van der Waals surface area contributed by atoms with Gasteiger partial charge in [-0.05, 0) is 81.7 Å². The van der Waals surface area contributed by atoms with Crippen LogP contribution < -0.4 is 30.0 Å². The Morgan fingerprint density at radius 3 is 2.40 bits per heavy atom. The van der Waals surface area contributed by atoms with E-state index in [-0.39, 0.29) is 24.0 Å². The highest BCUT2D eigenvalue weighted by Crippen LogP contribution is 2.40. The highest BCUT2D eigenvalue weighted by molar-refractivity contribution is 5.99. The second kappa shape index (κ2) is 13.2. The minimum Gasteiger partial charge on any atom is -0.497 e. The molecule has 3 amide bonds. The van der Waals surface area contributed by atoms with Gasteiger partial charge in [-0.1, -0.05) is 25.0 Å². The van der Waals surface area contributed by atoms with Crippen molar-refractivity contribution in [2.24, 2.45) is 0 Å². The van der Waals surface area contributed by atoms with Gasteiger partial charge in [0.05, 0.1) is 38.7 Å². The first-order valence-corrected chi connectivity index (χ1v) is 15.6. The fourth-order valence-corrected chi connectivity index (χ4v) is 6.36. The summed E-state index contributed by atoms with van der Waals surface area (Å²) in [6.07, 6.45) is 7.69. The first-order chi connectivity index (χ1) is 21.8. The van der Waals surface area contributed by atoms with Crippen LogP contribution in [0.3, 0.4) is 0 Å². The number of ether oxygens (including phenoxy) is 2. The number of carbonyl (C=O) groups excluding carboxylic acids is 2. The molecule has 0 unspecified atom stereocenters. The molecule has 3 aliphatic rings. The van der Waals surface area contributed by atoms with Crippen LogP contribution >= 0.6 is 0 Å². The van der Waals surface area contributed by atoms with Crippen LogP contribution in [0.1, 0.15) is 54.4 Å². The van der Waals surface area contributed by atoms with Crippen molar-refractivity contribution in [3.63, 3.8) is 0 Å². The van der Waals surface area contributed by atoms with Crippen molar-refractivity contribution in [3.05, 3.63) is 59.8 Å². The lowest BCUT2D eigenvalue weighted by Gasteiger charge is -2.46. The average Bonchev–Trinajstić information content (AvgIpc) is 3.60. The van der Waals surface area contributed by atoms with Gasteiger partial charge in [0.25, 0.3) is 5.91 Å². The second-order valence-corrected chi connectivity index (χ2v) is 12.0. The smallest absolute Gasteiger partial charge is 0.343 e. The Bertz CT molecular complexity index is 1520. The molecular weight excluding hydrogens is 572 g/mol. The molecule has 0 radical (unpaired) electrons. The zero-order valence-electron chi connectivity index (χ0n) is 26.5. The number of methoxy groups -OCH3 is 2. The average molecular weight is 615 g/mol. The van der Waals surface area contributed by atoms with Crippen molar-refractivity contribution in [2.75, 3.05) is 56.6 Å². The van der Waals surface area contributed by atoms with Crippen LogP contribution in [0.4, 0.5) is 27.9 Å². The SMILES string of the molecule is COc1ccc(CN2C(=O)N(C)c3cnc(Nc4ccc(C(=O)NC5CCN(C)CC5)cc4OC)nc3N2C2CCCC2)cc1. The monoisotopic (exact) mass is 614 g/mol. The normalized spacial score (nSPS) is 17.8. The summed E-state index contributed by atoms with van der Waals surface area (Å²) in [6.45, 7) is 2.34. The summed E-state index contributed by atoms with van der Waals surface area (Å²) < 4.78 is 11.0. The number of aromatic nitrogens is 2. The number of benzene rings is 2. The summed E-state index contributed by atoms with van der Waals surface area (Å²) in [5, 5.41) is 10.3. The predicted molar refractivity (Wildman–Crippen MR) is 173 cm³/mol. The number of rotatable bonds is 9. The number of amides is 3. The molecule has 1 saturated carbocycles. The van der Waals surface area contributed by atoms with Crippen LogP contribution in [0.5, 0.6) is 11.5 Å². The number of piperidine rings is 1. The van der Waals surface area contributed by atoms with E-state index in [4.69, 9.17) is 14.5 Å². The number of anilines is 4. The van der Waals surface area contributed by atoms with Gasteiger partial charge in [0.2, 0.25) is 5.95 Å². The Hall–Kier alpha value is -4.58. The zero-order valence-corrected chi connectivity index (χ0v) is 26.5. The van der Waals surface area contributed by atoms with Crippen LogP contribution in [0.25, 0.3) is 0 Å². The van der Waals surface area contributed by atoms with E-state index in [0.29, 0.717) is 41.0 Å². The van der Waals surface area contributed by atoms with Gasteiger partial charge in [0.15, 0.2) is 5.82 Å². The fraction of sp³-hybridized carbons (Fsp3) is 0.455. The number of urea groups is 1. The number of hydrogen-bond acceptors (Lipinski definition) is 9. The first kappa shape index (κ1) is 30.4. The van der Waals surface area contributed by atoms with E-state index in [1.807, 2.05) is 30.3 Å². The fourth-order valence-electron chi connectivity index (χ4n) is 6.36. The molecule has 3 heterocycles. The van der Waals surface area contributed by atoms with Crippen molar-refractivity contribution in [1.29, 1.82) is 0 Å². The Balaban J connectivity index is 1.26. The summed E-state index contributed by atoms with van der Waals surface area (Å²) in [5.74, 6) is 2.20. The van der Waals surface area contributed by atoms with E-state index in [2.05, 4.69) is 32.6 Å². The summed E-state index contributed by atoms with van der Waals surface area (Å²) in [5.41, 5.74) is 2.80. The molecule has 2 aliphatic heterocycles. The summed E-state index contributed by atoms with van der Waals surface area (Å²) in [6, 6.07) is 13.3. The number of hydrogen-bond donors (Lipinski definition) is 2. The first-order valence-electron chi connectivity index (χ1n) is 15.6. The molecule has 0 atom stereocenters. The number of nitrogens with one attached hydrogen (secondary N) is 2. The molecule has 2 aromatic carbocycles. The third-order valence-corrected chi connectivity index (χ3v) is 9.02. The maximum Gasteiger partial charge on any atom is 0.343 e. The van der Waals surface area contributed by atoms with Gasteiger partial charge in [-0.25, -0.2) is 14.8 Å². The minimum atomic E-state index is -0.134. The van der Waals surface area contributed by atoms with E-state index in [1.165, 1.54) is 0 Å². The topological polar surface area (TPSA) is 115 Å². The molecule has 2 N–H and O–H groups in total. The third kappa shape index (κ3) is 6.46. The van der Waals surface area contributed by atoms with Gasteiger partial charge in [0.1, 0.15) is 17.2 Å². The van der Waals surface area contributed by atoms with Gasteiger partial charge in [0, 0.05) is 18.7 Å². The Morgan fingerprint density at radius 2 is 1.71 bits per heavy atom. The Morgan fingerprint density at radius 1 is 0.978 bits per heavy atom. The zero-order chi connectivity index (χ0) is 31.5. The highest BCUT2D eigenvalue weighted by atomic mass is 16.5. The second-order valence-electron chi connectivity index (χ2n) is 12.0. The Kier molecular flexibility index (Phi) is 8.92. The summed E-state index contributed by atoms with van der Waals surface area (Å²) in [7, 11) is 7.07. The van der Waals surface area contributed by atoms with Gasteiger partial charge < -0.3 is 25.0 Å². The van der Waals surface area contributed by atoms with Gasteiger partial charge in [-0.15, -0.1) is 0 Å². The standard InChI is InChI=1S/C33H42N8O4/c1-38-17-15-24(16-18-38)35-31(42)23-11-14-27(29(19-23)45-4)36-32-34-20-28-30(37-32)41(25-7-5-6-8-25)40(33(43)39(28)2)21-22-9-12-26(44-3)13-10-22/h9-14,19-20,24-25H,5-8,15-18,21H2,1-4H3,(H,35,42)(H,34,36,37). The molecule has 12 nitrogen and oxygen atoms in total. The maximum absolute atomic E-state index is 13.7. The Labute approximate surface area is 264 Å². The number of hydrazine groups is 1. The van der Waals surface area contributed by atoms with E-state index in [9.17, 15) is 9.59 Å². The molecule has 1 saturated heterocycles. The number of likely N-dealkylation sites (tertiary alicyclic amines) is 1. The molecule has 238 valence electrons. The molecule has 6 rings (SSSR count). The van der Waals surface area contributed by atoms with Crippen molar-refractivity contribution in [3.8, 4) is 11.5 Å². The summed E-state index contributed by atoms with van der Waals surface area (Å²) in [4.78, 5) is 40.2. The molecule has 3 aromatic rings. The van der Waals surface area contributed by atoms with Crippen molar-refractivity contribution < 1.29 is 19.1 Å². The molecule has 0 bridgehead atoms. The largest absolute Gasteiger partial charge is 0.497 e. The molecule has 1 aromatic heterocycles. The number of nitrogens with zero attached hydrogens (tertiary/aromatic N) is 6. The third-order valence-electron chi connectivity index (χ3n) is 9.02. The molecule has 45 heavy (non-hydrogen) atoms. The molecular formula is C33H42N8O4. The van der Waals surface area contributed by atoms with Crippen LogP contribution in [0.15, 0.2) is 48.7 Å². The highest BCUT2D eigenvalue weighted by Gasteiger charge is 2.40. The van der Waals surface area contributed by atoms with Gasteiger partial charge in [-0.2, -0.15) is 4.98 Å². The van der Waals surface area contributed by atoms with E-state index in [0.717, 1.165) is 62.9 Å². The predicted octanol–water partition coefficient (Wildman–Crippen LogP) is 4.80. The van der Waals surface area contributed by atoms with Crippen molar-refractivity contribution >= 4 is 35.1 Å². The van der Waals surface area contributed by atoms with Crippen molar-refractivity contribution in [2.45, 2.75) is 57.2 Å². The van der Waals surface area contributed by atoms with Crippen LogP contribution in [0, 0.1) is 0 Å². The van der Waals surface area contributed by atoms with Crippen LogP contribution in [-0.2, 0) is 6.54 Å². The maximum atomic E-state index is 13.7. The summed E-state index contributed by atoms with van der Waals surface area (Å²) >= 11 is 0. The quantitative estimate of drug-likeness (QED) is 0.351. The molecule has 1 aliphatic carbocycles. The van der Waals surface area contributed by atoms with Gasteiger partial charge >= 0.3 is 6.03 Å². The molecule has 0 spiro atoms. The number of fused-ring (bicyclic) bond motifs is 1. The lowest BCUT2D eigenvalue weighted by Crippen LogP contribution is -2.58. The lowest BCUT2D eigenvalue weighted by atomic mass is 10.0. The van der Waals surface area contributed by atoms with Crippen LogP contribution in [0.2, 0.25) is 0 Å². The number of carbonyl (C=O) groups is 2. The van der Waals surface area contributed by atoms with E-state index in [1.54, 1.807) is 49.5 Å². The molecule has 12 heteroatoms. The lowest BCUT2D eigenvalue weighted by molar-refractivity contribution is 0.0916. The van der Waals surface area contributed by atoms with Gasteiger partial charge in [-0.3, -0.25) is 14.7 Å².